The van der Waals surface area contributed by atoms with E-state index in [1.807, 2.05) is 18.2 Å². The molecular weight excluding hydrogens is 360 g/mol. The van der Waals surface area contributed by atoms with Crippen LogP contribution in [-0.2, 0) is 0 Å². The van der Waals surface area contributed by atoms with Gasteiger partial charge < -0.3 is 20.0 Å². The maximum absolute atomic E-state index is 6.15. The Hall–Kier alpha value is -1.50. The van der Waals surface area contributed by atoms with Gasteiger partial charge in [0.15, 0.2) is 5.96 Å². The van der Waals surface area contributed by atoms with Crippen molar-refractivity contribution >= 4 is 23.2 Å². The van der Waals surface area contributed by atoms with E-state index in [0.29, 0.717) is 6.04 Å². The van der Waals surface area contributed by atoms with Gasteiger partial charge in [0.1, 0.15) is 0 Å². The van der Waals surface area contributed by atoms with Gasteiger partial charge in [0.05, 0.1) is 6.54 Å². The number of anilines is 1. The van der Waals surface area contributed by atoms with E-state index in [1.165, 1.54) is 5.69 Å². The number of guanidine groups is 1. The minimum Gasteiger partial charge on any atom is -0.368 e. The molecule has 0 aliphatic carbocycles. The van der Waals surface area contributed by atoms with Crippen LogP contribution in [0.2, 0.25) is 5.02 Å². The molecule has 2 saturated heterocycles. The van der Waals surface area contributed by atoms with Gasteiger partial charge in [0.25, 0.3) is 0 Å². The molecule has 3 rings (SSSR count). The summed E-state index contributed by atoms with van der Waals surface area (Å²) in [6, 6.07) is 8.62. The van der Waals surface area contributed by atoms with Crippen molar-refractivity contribution in [2.75, 3.05) is 77.9 Å². The molecular formula is C20H33ClN6. The smallest absolute Gasteiger partial charge is 0.194 e. The van der Waals surface area contributed by atoms with Gasteiger partial charge in [-0.3, -0.25) is 9.89 Å². The molecule has 0 spiro atoms. The van der Waals surface area contributed by atoms with Crippen molar-refractivity contribution in [3.63, 3.8) is 0 Å². The number of nitrogens with one attached hydrogen (secondary N) is 1. The van der Waals surface area contributed by atoms with Crippen LogP contribution < -0.4 is 10.2 Å². The van der Waals surface area contributed by atoms with E-state index in [4.69, 9.17) is 16.6 Å². The van der Waals surface area contributed by atoms with E-state index < -0.39 is 0 Å². The number of rotatable bonds is 4. The molecule has 1 N–H and O–H groups in total. The molecule has 0 radical (unpaired) electrons. The molecule has 1 aromatic carbocycles. The molecule has 0 amide bonds. The lowest BCUT2D eigenvalue weighted by atomic mass is 10.2. The summed E-state index contributed by atoms with van der Waals surface area (Å²) < 4.78 is 0. The van der Waals surface area contributed by atoms with Crippen molar-refractivity contribution in [3.8, 4) is 0 Å². The fraction of sp³-hybridized carbons (Fsp3) is 0.650. The molecule has 2 heterocycles. The van der Waals surface area contributed by atoms with Crippen molar-refractivity contribution in [2.45, 2.75) is 13.0 Å². The standard InChI is InChI=1S/C20H33ClN6/c1-4-22-20(23-15-19-16-24(2)8-9-25(19)3)27-12-10-26(11-13-27)18-7-5-6-17(21)14-18/h5-7,14,19H,4,8-13,15-16H2,1-3H3,(H,22,23). The van der Waals surface area contributed by atoms with Crippen LogP contribution in [0.1, 0.15) is 6.92 Å². The first-order chi connectivity index (χ1) is 13.1. The summed E-state index contributed by atoms with van der Waals surface area (Å²) in [5.41, 5.74) is 1.20. The van der Waals surface area contributed by atoms with Crippen LogP contribution in [0.4, 0.5) is 5.69 Å². The van der Waals surface area contributed by atoms with E-state index in [2.05, 4.69) is 52.0 Å². The van der Waals surface area contributed by atoms with Gasteiger partial charge >= 0.3 is 0 Å². The van der Waals surface area contributed by atoms with Crippen molar-refractivity contribution in [2.24, 2.45) is 4.99 Å². The first kappa shape index (κ1) is 20.2. The second-order valence-corrected chi connectivity index (χ2v) is 7.98. The van der Waals surface area contributed by atoms with Crippen LogP contribution in [0.3, 0.4) is 0 Å². The van der Waals surface area contributed by atoms with Crippen LogP contribution in [0.25, 0.3) is 0 Å². The largest absolute Gasteiger partial charge is 0.368 e. The molecule has 0 saturated carbocycles. The van der Waals surface area contributed by atoms with Gasteiger partial charge in [0.2, 0.25) is 0 Å². The van der Waals surface area contributed by atoms with Gasteiger partial charge in [-0.1, -0.05) is 17.7 Å². The zero-order valence-corrected chi connectivity index (χ0v) is 17.6. The Balaban J connectivity index is 1.59. The molecule has 7 heteroatoms. The third-order valence-electron chi connectivity index (χ3n) is 5.52. The molecule has 2 aliphatic rings. The molecule has 0 aromatic heterocycles. The van der Waals surface area contributed by atoms with Crippen molar-refractivity contribution in [1.82, 2.24) is 20.0 Å². The number of benzene rings is 1. The van der Waals surface area contributed by atoms with Crippen LogP contribution in [0, 0.1) is 0 Å². The fourth-order valence-corrected chi connectivity index (χ4v) is 3.95. The molecule has 1 atom stereocenters. The summed E-state index contributed by atoms with van der Waals surface area (Å²) >= 11 is 6.15. The zero-order valence-electron chi connectivity index (χ0n) is 16.9. The summed E-state index contributed by atoms with van der Waals surface area (Å²) in [6.07, 6.45) is 0. The van der Waals surface area contributed by atoms with Gasteiger partial charge in [-0.05, 0) is 39.2 Å². The van der Waals surface area contributed by atoms with E-state index in [9.17, 15) is 0 Å². The lowest BCUT2D eigenvalue weighted by Gasteiger charge is -2.39. The number of aliphatic imine (C=N–C) groups is 1. The average Bonchev–Trinajstić information content (AvgIpc) is 2.68. The van der Waals surface area contributed by atoms with E-state index >= 15 is 0 Å². The average molecular weight is 393 g/mol. The van der Waals surface area contributed by atoms with E-state index in [1.54, 1.807) is 0 Å². The summed E-state index contributed by atoms with van der Waals surface area (Å²) in [5.74, 6) is 1.05. The first-order valence-corrected chi connectivity index (χ1v) is 10.4. The quantitative estimate of drug-likeness (QED) is 0.623. The van der Waals surface area contributed by atoms with Crippen molar-refractivity contribution < 1.29 is 0 Å². The van der Waals surface area contributed by atoms with Gasteiger partial charge in [-0.25, -0.2) is 0 Å². The highest BCUT2D eigenvalue weighted by molar-refractivity contribution is 6.30. The number of nitrogens with zero attached hydrogens (tertiary/aromatic N) is 5. The Morgan fingerprint density at radius 2 is 1.93 bits per heavy atom. The second-order valence-electron chi connectivity index (χ2n) is 7.55. The van der Waals surface area contributed by atoms with Gasteiger partial charge in [0, 0.05) is 69.1 Å². The highest BCUT2D eigenvalue weighted by atomic mass is 35.5. The molecule has 2 fully saturated rings. The van der Waals surface area contributed by atoms with Crippen LogP contribution in [0.5, 0.6) is 0 Å². The van der Waals surface area contributed by atoms with Crippen LogP contribution in [0.15, 0.2) is 29.3 Å². The van der Waals surface area contributed by atoms with Crippen molar-refractivity contribution in [1.29, 1.82) is 0 Å². The lowest BCUT2D eigenvalue weighted by Crippen LogP contribution is -2.54. The third-order valence-corrected chi connectivity index (χ3v) is 5.75. The Bertz CT molecular complexity index is 629. The number of piperazine rings is 2. The highest BCUT2D eigenvalue weighted by Crippen LogP contribution is 2.20. The molecule has 1 unspecified atom stereocenters. The number of likely N-dealkylation sites (N-methyl/N-ethyl adjacent to an activating group) is 2. The summed E-state index contributed by atoms with van der Waals surface area (Å²) in [5, 5.41) is 4.28. The topological polar surface area (TPSA) is 37.4 Å². The monoisotopic (exact) mass is 392 g/mol. The highest BCUT2D eigenvalue weighted by Gasteiger charge is 2.23. The second kappa shape index (κ2) is 9.62. The molecule has 2 aliphatic heterocycles. The number of hydrogen-bond donors (Lipinski definition) is 1. The summed E-state index contributed by atoms with van der Waals surface area (Å²) in [4.78, 5) is 14.6. The summed E-state index contributed by atoms with van der Waals surface area (Å²) in [7, 11) is 4.41. The van der Waals surface area contributed by atoms with Crippen LogP contribution in [-0.4, -0.2) is 99.7 Å². The zero-order chi connectivity index (χ0) is 19.2. The Labute approximate surface area is 168 Å². The maximum Gasteiger partial charge on any atom is 0.194 e. The maximum atomic E-state index is 6.15. The van der Waals surface area contributed by atoms with Crippen molar-refractivity contribution in [3.05, 3.63) is 29.3 Å². The lowest BCUT2D eigenvalue weighted by molar-refractivity contribution is 0.119. The predicted molar refractivity (Wildman–Crippen MR) is 115 cm³/mol. The normalized spacial score (nSPS) is 23.0. The molecule has 6 nitrogen and oxygen atoms in total. The van der Waals surface area contributed by atoms with E-state index in [-0.39, 0.29) is 0 Å². The molecule has 1 aromatic rings. The summed E-state index contributed by atoms with van der Waals surface area (Å²) in [6.45, 7) is 11.1. The van der Waals surface area contributed by atoms with Crippen LogP contribution >= 0.6 is 11.6 Å². The van der Waals surface area contributed by atoms with Gasteiger partial charge in [-0.2, -0.15) is 0 Å². The fourth-order valence-electron chi connectivity index (χ4n) is 3.77. The molecule has 0 bridgehead atoms. The van der Waals surface area contributed by atoms with Gasteiger partial charge in [-0.15, -0.1) is 0 Å². The first-order valence-electron chi connectivity index (χ1n) is 9.99. The minimum absolute atomic E-state index is 0.491. The Morgan fingerprint density at radius 1 is 1.15 bits per heavy atom. The predicted octanol–water partition coefficient (Wildman–Crippen LogP) is 1.67. The number of halogens is 1. The SMILES string of the molecule is CCNC(=NCC1CN(C)CCN1C)N1CCN(c2cccc(Cl)c2)CC1. The molecule has 27 heavy (non-hydrogen) atoms. The Kier molecular flexibility index (Phi) is 7.21. The minimum atomic E-state index is 0.491. The molecule has 150 valence electrons. The number of hydrogen-bond acceptors (Lipinski definition) is 4. The Morgan fingerprint density at radius 3 is 2.63 bits per heavy atom. The third kappa shape index (κ3) is 5.50. The van der Waals surface area contributed by atoms with E-state index in [0.717, 1.165) is 69.9 Å².